The molecule has 4 heteroatoms. The van der Waals surface area contributed by atoms with Crippen molar-refractivity contribution >= 4 is 28.9 Å². The molecule has 0 fully saturated rings. The summed E-state index contributed by atoms with van der Waals surface area (Å²) in [5.74, 6) is 0.169. The van der Waals surface area contributed by atoms with Gasteiger partial charge in [-0.25, -0.2) is 4.98 Å². The van der Waals surface area contributed by atoms with Gasteiger partial charge in [-0.05, 0) is 13.2 Å². The molecule has 60 valence electrons. The zero-order valence-electron chi connectivity index (χ0n) is 6.46. The Morgan fingerprint density at radius 3 is 3.00 bits per heavy atom. The maximum Gasteiger partial charge on any atom is 0.149 e. The molecule has 2 nitrogen and oxygen atoms in total. The Hall–Kier alpha value is -0.350. The second kappa shape index (κ2) is 3.88. The first-order valence-electron chi connectivity index (χ1n) is 3.20. The molecule has 0 N–H and O–H groups in total. The van der Waals surface area contributed by atoms with Gasteiger partial charge in [-0.2, -0.15) is 0 Å². The first kappa shape index (κ1) is 8.74. The largest absolute Gasteiger partial charge is 0.300 e. The van der Waals surface area contributed by atoms with Gasteiger partial charge in [-0.1, -0.05) is 11.8 Å². The number of hydrogen-bond donors (Lipinski definition) is 0. The fraction of sp³-hybridized carbons (Fsp3) is 0.429. The lowest BCUT2D eigenvalue weighted by molar-refractivity contribution is -0.116. The van der Waals surface area contributed by atoms with Gasteiger partial charge in [0.05, 0.1) is 5.69 Å². The SMILES string of the molecule is CSc1nc(CC(C)=O)cs1. The summed E-state index contributed by atoms with van der Waals surface area (Å²) in [6, 6.07) is 0. The first-order chi connectivity index (χ1) is 5.22. The van der Waals surface area contributed by atoms with Crippen molar-refractivity contribution in [2.75, 3.05) is 6.26 Å². The highest BCUT2D eigenvalue weighted by molar-refractivity contribution is 8.00. The van der Waals surface area contributed by atoms with Crippen molar-refractivity contribution in [3.63, 3.8) is 0 Å². The number of carbonyl (C=O) groups excluding carboxylic acids is 1. The van der Waals surface area contributed by atoms with Gasteiger partial charge in [0.1, 0.15) is 10.1 Å². The molecule has 0 bridgehead atoms. The zero-order chi connectivity index (χ0) is 8.27. The van der Waals surface area contributed by atoms with Gasteiger partial charge in [0.15, 0.2) is 0 Å². The standard InChI is InChI=1S/C7H9NOS2/c1-5(9)3-6-4-11-7(8-6)10-2/h4H,3H2,1-2H3. The molecule has 0 aromatic carbocycles. The van der Waals surface area contributed by atoms with E-state index in [2.05, 4.69) is 4.98 Å². The van der Waals surface area contributed by atoms with E-state index in [0.717, 1.165) is 10.0 Å². The third-order valence-corrected chi connectivity index (χ3v) is 3.05. The highest BCUT2D eigenvalue weighted by Gasteiger charge is 2.02. The molecule has 0 saturated carbocycles. The molecule has 11 heavy (non-hydrogen) atoms. The molecule has 0 spiro atoms. The van der Waals surface area contributed by atoms with E-state index in [4.69, 9.17) is 0 Å². The summed E-state index contributed by atoms with van der Waals surface area (Å²) < 4.78 is 1.03. The topological polar surface area (TPSA) is 30.0 Å². The minimum atomic E-state index is 0.169. The number of aromatic nitrogens is 1. The predicted molar refractivity (Wildman–Crippen MR) is 48.3 cm³/mol. The summed E-state index contributed by atoms with van der Waals surface area (Å²) in [7, 11) is 0. The number of carbonyl (C=O) groups is 1. The Bertz CT molecular complexity index is 257. The van der Waals surface area contributed by atoms with E-state index in [-0.39, 0.29) is 5.78 Å². The molecule has 0 radical (unpaired) electrons. The molecule has 0 unspecified atom stereocenters. The summed E-state index contributed by atoms with van der Waals surface area (Å²) in [6.45, 7) is 1.58. The fourth-order valence-electron chi connectivity index (χ4n) is 0.718. The molecular formula is C7H9NOS2. The Morgan fingerprint density at radius 2 is 2.55 bits per heavy atom. The number of rotatable bonds is 3. The molecule has 0 atom stereocenters. The molecule has 0 aliphatic rings. The molecule has 0 aliphatic heterocycles. The lowest BCUT2D eigenvalue weighted by atomic mass is 10.3. The second-order valence-electron chi connectivity index (χ2n) is 2.19. The van der Waals surface area contributed by atoms with Crippen molar-refractivity contribution in [3.05, 3.63) is 11.1 Å². The fourth-order valence-corrected chi connectivity index (χ4v) is 2.00. The van der Waals surface area contributed by atoms with Gasteiger partial charge in [0.25, 0.3) is 0 Å². The van der Waals surface area contributed by atoms with Crippen LogP contribution in [0.4, 0.5) is 0 Å². The molecule has 1 heterocycles. The Labute approximate surface area is 74.0 Å². The summed E-state index contributed by atoms with van der Waals surface area (Å²) in [4.78, 5) is 14.9. The highest BCUT2D eigenvalue weighted by Crippen LogP contribution is 2.19. The van der Waals surface area contributed by atoms with Crippen LogP contribution in [0.15, 0.2) is 9.72 Å². The van der Waals surface area contributed by atoms with Crippen molar-refractivity contribution in [2.45, 2.75) is 17.7 Å². The molecule has 1 aromatic rings. The smallest absolute Gasteiger partial charge is 0.149 e. The van der Waals surface area contributed by atoms with Crippen LogP contribution in [0.1, 0.15) is 12.6 Å². The molecule has 0 saturated heterocycles. The maximum atomic E-state index is 10.7. The van der Waals surface area contributed by atoms with E-state index < -0.39 is 0 Å². The van der Waals surface area contributed by atoms with Crippen LogP contribution in [-0.2, 0) is 11.2 Å². The van der Waals surface area contributed by atoms with Crippen LogP contribution in [0.5, 0.6) is 0 Å². The molecule has 0 aliphatic carbocycles. The van der Waals surface area contributed by atoms with E-state index in [0.29, 0.717) is 6.42 Å². The monoisotopic (exact) mass is 187 g/mol. The Kier molecular flexibility index (Phi) is 3.08. The minimum Gasteiger partial charge on any atom is -0.300 e. The van der Waals surface area contributed by atoms with Crippen molar-refractivity contribution in [1.82, 2.24) is 4.98 Å². The minimum absolute atomic E-state index is 0.169. The van der Waals surface area contributed by atoms with Gasteiger partial charge in [-0.3, -0.25) is 4.79 Å². The number of hydrogen-bond acceptors (Lipinski definition) is 4. The van der Waals surface area contributed by atoms with Crippen LogP contribution < -0.4 is 0 Å². The van der Waals surface area contributed by atoms with E-state index in [9.17, 15) is 4.79 Å². The van der Waals surface area contributed by atoms with Gasteiger partial charge >= 0.3 is 0 Å². The van der Waals surface area contributed by atoms with Gasteiger partial charge < -0.3 is 0 Å². The number of thioether (sulfide) groups is 1. The summed E-state index contributed by atoms with van der Waals surface area (Å²) in [6.07, 6.45) is 2.45. The van der Waals surface area contributed by atoms with Crippen molar-refractivity contribution in [2.24, 2.45) is 0 Å². The third-order valence-electron chi connectivity index (χ3n) is 1.14. The van der Waals surface area contributed by atoms with Crippen LogP contribution in [0.2, 0.25) is 0 Å². The first-order valence-corrected chi connectivity index (χ1v) is 5.30. The Morgan fingerprint density at radius 1 is 1.82 bits per heavy atom. The zero-order valence-corrected chi connectivity index (χ0v) is 8.09. The predicted octanol–water partition coefficient (Wildman–Crippen LogP) is 2.00. The molecule has 0 amide bonds. The second-order valence-corrected chi connectivity index (χ2v) is 4.10. The van der Waals surface area contributed by atoms with E-state index in [1.807, 2.05) is 11.6 Å². The van der Waals surface area contributed by atoms with Crippen LogP contribution >= 0.6 is 23.1 Å². The molecule has 1 rings (SSSR count). The normalized spacial score (nSPS) is 10.0. The third kappa shape index (κ3) is 2.63. The lowest BCUT2D eigenvalue weighted by Crippen LogP contribution is -1.95. The summed E-state index contributed by atoms with van der Waals surface area (Å²) in [5, 5.41) is 1.94. The van der Waals surface area contributed by atoms with Gasteiger partial charge in [-0.15, -0.1) is 11.3 Å². The number of nitrogens with zero attached hydrogens (tertiary/aromatic N) is 1. The quantitative estimate of drug-likeness (QED) is 0.678. The summed E-state index contributed by atoms with van der Waals surface area (Å²) in [5.41, 5.74) is 0.895. The molecular weight excluding hydrogens is 178 g/mol. The molecule has 1 aromatic heterocycles. The van der Waals surface area contributed by atoms with Crippen LogP contribution in [0, 0.1) is 0 Å². The van der Waals surface area contributed by atoms with Gasteiger partial charge in [0, 0.05) is 11.8 Å². The van der Waals surface area contributed by atoms with Crippen LogP contribution in [0.25, 0.3) is 0 Å². The van der Waals surface area contributed by atoms with Crippen molar-refractivity contribution in [3.8, 4) is 0 Å². The van der Waals surface area contributed by atoms with Crippen LogP contribution in [-0.4, -0.2) is 17.0 Å². The van der Waals surface area contributed by atoms with E-state index >= 15 is 0 Å². The average Bonchev–Trinajstić information content (AvgIpc) is 2.34. The highest BCUT2D eigenvalue weighted by atomic mass is 32.2. The number of ketones is 1. The van der Waals surface area contributed by atoms with E-state index in [1.54, 1.807) is 30.0 Å². The Balaban J connectivity index is 2.65. The number of thiazole rings is 1. The maximum absolute atomic E-state index is 10.7. The van der Waals surface area contributed by atoms with Crippen molar-refractivity contribution in [1.29, 1.82) is 0 Å². The average molecular weight is 187 g/mol. The lowest BCUT2D eigenvalue weighted by Gasteiger charge is -1.87. The van der Waals surface area contributed by atoms with Crippen LogP contribution in [0.3, 0.4) is 0 Å². The summed E-state index contributed by atoms with van der Waals surface area (Å²) >= 11 is 3.20. The number of Topliss-reactive ketones (excluding diaryl/α,β-unsaturated/α-hetero) is 1. The van der Waals surface area contributed by atoms with Gasteiger partial charge in [0.2, 0.25) is 0 Å². The van der Waals surface area contributed by atoms with Crippen molar-refractivity contribution < 1.29 is 4.79 Å². The van der Waals surface area contributed by atoms with E-state index in [1.165, 1.54) is 0 Å².